The van der Waals surface area contributed by atoms with Crippen molar-refractivity contribution in [1.29, 1.82) is 0 Å². The largest absolute Gasteiger partial charge is 0.321 e. The molecule has 2 N–H and O–H groups in total. The highest BCUT2D eigenvalue weighted by Gasteiger charge is 2.34. The maximum Gasteiger partial charge on any atom is 0.128 e. The first-order valence-electron chi connectivity index (χ1n) is 5.76. The fourth-order valence-corrected chi connectivity index (χ4v) is 2.43. The zero-order valence-electron chi connectivity index (χ0n) is 9.47. The molecule has 88 valence electrons. The van der Waals surface area contributed by atoms with Crippen LogP contribution < -0.4 is 5.73 Å². The summed E-state index contributed by atoms with van der Waals surface area (Å²) in [5, 5.41) is 0. The second-order valence-electron chi connectivity index (χ2n) is 4.96. The molecule has 1 saturated carbocycles. The summed E-state index contributed by atoms with van der Waals surface area (Å²) in [5.74, 6) is -0.174. The first kappa shape index (κ1) is 11.5. The highest BCUT2D eigenvalue weighted by molar-refractivity contribution is 5.27. The first-order valence-corrected chi connectivity index (χ1v) is 5.76. The minimum absolute atomic E-state index is 0.333. The minimum atomic E-state index is -0.682. The van der Waals surface area contributed by atoms with Gasteiger partial charge in [-0.25, -0.2) is 8.78 Å². The van der Waals surface area contributed by atoms with Crippen LogP contribution >= 0.6 is 0 Å². The SMILES string of the molecule is CC1CCC(N)(c2cc(F)ccc2F)CC1. The van der Waals surface area contributed by atoms with Crippen molar-refractivity contribution in [3.05, 3.63) is 35.4 Å². The van der Waals surface area contributed by atoms with Gasteiger partial charge in [0.1, 0.15) is 11.6 Å². The fourth-order valence-electron chi connectivity index (χ4n) is 2.43. The fraction of sp³-hybridized carbons (Fsp3) is 0.538. The van der Waals surface area contributed by atoms with Crippen molar-refractivity contribution >= 4 is 0 Å². The third kappa shape index (κ3) is 2.09. The lowest BCUT2D eigenvalue weighted by molar-refractivity contribution is 0.241. The summed E-state index contributed by atoms with van der Waals surface area (Å²) in [6.07, 6.45) is 3.42. The Hall–Kier alpha value is -0.960. The van der Waals surface area contributed by atoms with E-state index >= 15 is 0 Å². The monoisotopic (exact) mass is 225 g/mol. The normalized spacial score (nSPS) is 30.4. The minimum Gasteiger partial charge on any atom is -0.321 e. The Morgan fingerprint density at radius 3 is 2.50 bits per heavy atom. The molecular formula is C13H17F2N. The maximum absolute atomic E-state index is 13.6. The zero-order chi connectivity index (χ0) is 11.8. The van der Waals surface area contributed by atoms with Crippen LogP contribution in [0.5, 0.6) is 0 Å². The Kier molecular flexibility index (Phi) is 2.98. The van der Waals surface area contributed by atoms with Crippen molar-refractivity contribution in [2.75, 3.05) is 0 Å². The van der Waals surface area contributed by atoms with Gasteiger partial charge >= 0.3 is 0 Å². The zero-order valence-corrected chi connectivity index (χ0v) is 9.47. The predicted octanol–water partition coefficient (Wildman–Crippen LogP) is 3.33. The van der Waals surface area contributed by atoms with Gasteiger partial charge in [-0.2, -0.15) is 0 Å². The number of benzene rings is 1. The molecular weight excluding hydrogens is 208 g/mol. The highest BCUT2D eigenvalue weighted by atomic mass is 19.1. The van der Waals surface area contributed by atoms with Gasteiger partial charge in [0.15, 0.2) is 0 Å². The van der Waals surface area contributed by atoms with Gasteiger partial charge in [-0.3, -0.25) is 0 Å². The smallest absolute Gasteiger partial charge is 0.128 e. The number of hydrogen-bond acceptors (Lipinski definition) is 1. The maximum atomic E-state index is 13.6. The lowest BCUT2D eigenvalue weighted by atomic mass is 9.74. The van der Waals surface area contributed by atoms with Crippen LogP contribution in [0, 0.1) is 17.6 Å². The second-order valence-corrected chi connectivity index (χ2v) is 4.96. The van der Waals surface area contributed by atoms with Gasteiger partial charge in [-0.1, -0.05) is 6.92 Å². The number of hydrogen-bond donors (Lipinski definition) is 1. The first-order chi connectivity index (χ1) is 7.51. The molecule has 1 aromatic rings. The molecule has 0 saturated heterocycles. The Morgan fingerprint density at radius 1 is 1.25 bits per heavy atom. The van der Waals surface area contributed by atoms with Gasteiger partial charge < -0.3 is 5.73 Å². The summed E-state index contributed by atoms with van der Waals surface area (Å²) in [5.41, 5.74) is 5.86. The molecule has 1 aliphatic carbocycles. The van der Waals surface area contributed by atoms with Crippen molar-refractivity contribution in [3.8, 4) is 0 Å². The van der Waals surface area contributed by atoms with Crippen molar-refractivity contribution in [2.24, 2.45) is 11.7 Å². The van der Waals surface area contributed by atoms with Crippen molar-refractivity contribution in [2.45, 2.75) is 38.1 Å². The van der Waals surface area contributed by atoms with Crippen LogP contribution in [0.3, 0.4) is 0 Å². The molecule has 0 atom stereocenters. The molecule has 2 rings (SSSR count). The molecule has 0 aromatic heterocycles. The van der Waals surface area contributed by atoms with Gasteiger partial charge in [0.25, 0.3) is 0 Å². The van der Waals surface area contributed by atoms with Gasteiger partial charge in [0.05, 0.1) is 0 Å². The van der Waals surface area contributed by atoms with Gasteiger partial charge in [0.2, 0.25) is 0 Å². The quantitative estimate of drug-likeness (QED) is 0.779. The number of halogens is 2. The van der Waals surface area contributed by atoms with E-state index in [1.54, 1.807) is 0 Å². The average molecular weight is 225 g/mol. The van der Waals surface area contributed by atoms with Crippen LogP contribution in [0.15, 0.2) is 18.2 Å². The molecule has 0 aliphatic heterocycles. The van der Waals surface area contributed by atoms with E-state index in [2.05, 4.69) is 6.92 Å². The third-order valence-electron chi connectivity index (χ3n) is 3.63. The number of nitrogens with two attached hydrogens (primary N) is 1. The van der Waals surface area contributed by atoms with Crippen molar-refractivity contribution in [3.63, 3.8) is 0 Å². The van der Waals surface area contributed by atoms with Crippen LogP contribution in [0.25, 0.3) is 0 Å². The Balaban J connectivity index is 2.32. The summed E-state index contributed by atoms with van der Waals surface area (Å²) in [6, 6.07) is 3.54. The third-order valence-corrected chi connectivity index (χ3v) is 3.63. The van der Waals surface area contributed by atoms with E-state index < -0.39 is 17.2 Å². The summed E-state index contributed by atoms with van der Waals surface area (Å²) in [7, 11) is 0. The molecule has 0 bridgehead atoms. The van der Waals surface area contributed by atoms with Crippen LogP contribution in [0.2, 0.25) is 0 Å². The van der Waals surface area contributed by atoms with E-state index in [1.165, 1.54) is 6.07 Å². The molecule has 0 heterocycles. The lowest BCUT2D eigenvalue weighted by Gasteiger charge is -2.36. The topological polar surface area (TPSA) is 26.0 Å². The van der Waals surface area contributed by atoms with Crippen LogP contribution in [-0.2, 0) is 5.54 Å². The molecule has 1 aromatic carbocycles. The molecule has 0 unspecified atom stereocenters. The van der Waals surface area contributed by atoms with Crippen LogP contribution in [0.1, 0.15) is 38.2 Å². The van der Waals surface area contributed by atoms with E-state index in [-0.39, 0.29) is 0 Å². The highest BCUT2D eigenvalue weighted by Crippen LogP contribution is 2.38. The van der Waals surface area contributed by atoms with E-state index in [9.17, 15) is 8.78 Å². The standard InChI is InChI=1S/C13H17F2N/c1-9-4-6-13(16,7-5-9)11-8-10(14)2-3-12(11)15/h2-3,8-9H,4-7,16H2,1H3. The molecule has 1 fully saturated rings. The van der Waals surface area contributed by atoms with E-state index in [1.807, 2.05) is 0 Å². The average Bonchev–Trinajstić information content (AvgIpc) is 2.26. The Bertz CT molecular complexity index is 382. The summed E-state index contributed by atoms with van der Waals surface area (Å²) in [6.45, 7) is 2.17. The molecule has 16 heavy (non-hydrogen) atoms. The Labute approximate surface area is 94.7 Å². The summed E-state index contributed by atoms with van der Waals surface area (Å²) < 4.78 is 26.8. The Morgan fingerprint density at radius 2 is 1.88 bits per heavy atom. The molecule has 0 radical (unpaired) electrons. The van der Waals surface area contributed by atoms with Crippen molar-refractivity contribution in [1.82, 2.24) is 0 Å². The van der Waals surface area contributed by atoms with Gasteiger partial charge in [-0.15, -0.1) is 0 Å². The van der Waals surface area contributed by atoms with Gasteiger partial charge in [0, 0.05) is 11.1 Å². The number of rotatable bonds is 1. The van der Waals surface area contributed by atoms with E-state index in [0.29, 0.717) is 11.5 Å². The van der Waals surface area contributed by atoms with Crippen molar-refractivity contribution < 1.29 is 8.78 Å². The molecule has 1 nitrogen and oxygen atoms in total. The molecule has 1 aliphatic rings. The van der Waals surface area contributed by atoms with E-state index in [0.717, 1.165) is 37.8 Å². The molecule has 0 amide bonds. The van der Waals surface area contributed by atoms with E-state index in [4.69, 9.17) is 5.73 Å². The molecule has 3 heteroatoms. The van der Waals surface area contributed by atoms with Crippen LogP contribution in [-0.4, -0.2) is 0 Å². The lowest BCUT2D eigenvalue weighted by Crippen LogP contribution is -2.41. The summed E-state index contributed by atoms with van der Waals surface area (Å²) >= 11 is 0. The van der Waals surface area contributed by atoms with Crippen LogP contribution in [0.4, 0.5) is 8.78 Å². The summed E-state index contributed by atoms with van der Waals surface area (Å²) in [4.78, 5) is 0. The van der Waals surface area contributed by atoms with Gasteiger partial charge in [-0.05, 0) is 49.8 Å². The second kappa shape index (κ2) is 4.13. The predicted molar refractivity (Wildman–Crippen MR) is 59.9 cm³/mol. The molecule has 0 spiro atoms.